The van der Waals surface area contributed by atoms with Crippen LogP contribution in [0.4, 0.5) is 0 Å². The van der Waals surface area contributed by atoms with Gasteiger partial charge in [0.2, 0.25) is 10.0 Å². The highest BCUT2D eigenvalue weighted by atomic mass is 35.5. The second kappa shape index (κ2) is 7.96. The van der Waals surface area contributed by atoms with Crippen LogP contribution in [0.25, 0.3) is 0 Å². The molecule has 2 saturated heterocycles. The van der Waals surface area contributed by atoms with E-state index in [4.69, 9.17) is 11.6 Å². The standard InChI is InChI=1S/C17H25ClN2O2S2/c1-14-16(18)4-2-5-17(14)24(21,22)20-9-3-8-19(10-11-20)15-6-12-23-13-7-15/h2,4-5,15H,3,6-13H2,1H3. The molecule has 0 aliphatic carbocycles. The topological polar surface area (TPSA) is 40.6 Å². The smallest absolute Gasteiger partial charge is 0.243 e. The molecular weight excluding hydrogens is 364 g/mol. The van der Waals surface area contributed by atoms with Crippen molar-refractivity contribution in [3.63, 3.8) is 0 Å². The lowest BCUT2D eigenvalue weighted by Crippen LogP contribution is -2.41. The Morgan fingerprint density at radius 1 is 1.12 bits per heavy atom. The summed E-state index contributed by atoms with van der Waals surface area (Å²) in [6.45, 7) is 4.76. The Kier molecular flexibility index (Phi) is 6.14. The third kappa shape index (κ3) is 3.93. The van der Waals surface area contributed by atoms with Gasteiger partial charge in [-0.05, 0) is 61.9 Å². The summed E-state index contributed by atoms with van der Waals surface area (Å²) >= 11 is 8.15. The van der Waals surface area contributed by atoms with Gasteiger partial charge in [-0.1, -0.05) is 17.7 Å². The maximum Gasteiger partial charge on any atom is 0.243 e. The van der Waals surface area contributed by atoms with Crippen LogP contribution in [0.15, 0.2) is 23.1 Å². The molecule has 134 valence electrons. The Morgan fingerprint density at radius 2 is 1.88 bits per heavy atom. The van der Waals surface area contributed by atoms with E-state index in [0.29, 0.717) is 34.6 Å². The van der Waals surface area contributed by atoms with E-state index in [-0.39, 0.29) is 0 Å². The van der Waals surface area contributed by atoms with Crippen LogP contribution >= 0.6 is 23.4 Å². The molecule has 0 saturated carbocycles. The van der Waals surface area contributed by atoms with Gasteiger partial charge in [-0.25, -0.2) is 8.42 Å². The van der Waals surface area contributed by atoms with E-state index in [1.54, 1.807) is 29.4 Å². The number of nitrogens with zero attached hydrogens (tertiary/aromatic N) is 2. The molecule has 3 rings (SSSR count). The molecule has 0 atom stereocenters. The molecule has 0 spiro atoms. The molecule has 2 heterocycles. The Hall–Kier alpha value is -0.270. The van der Waals surface area contributed by atoms with Crippen LogP contribution in [0, 0.1) is 6.92 Å². The number of halogens is 1. The van der Waals surface area contributed by atoms with Crippen molar-refractivity contribution in [2.75, 3.05) is 37.7 Å². The molecule has 0 amide bonds. The zero-order chi connectivity index (χ0) is 17.2. The normalized spacial score (nSPS) is 22.4. The highest BCUT2D eigenvalue weighted by molar-refractivity contribution is 7.99. The molecule has 24 heavy (non-hydrogen) atoms. The van der Waals surface area contributed by atoms with Crippen molar-refractivity contribution in [1.29, 1.82) is 0 Å². The van der Waals surface area contributed by atoms with Crippen LogP contribution in [0.5, 0.6) is 0 Å². The molecule has 7 heteroatoms. The van der Waals surface area contributed by atoms with Gasteiger partial charge < -0.3 is 0 Å². The fourth-order valence-corrected chi connectivity index (χ4v) is 6.60. The van der Waals surface area contributed by atoms with Gasteiger partial charge in [-0.15, -0.1) is 0 Å². The summed E-state index contributed by atoms with van der Waals surface area (Å²) in [5.74, 6) is 2.45. The summed E-state index contributed by atoms with van der Waals surface area (Å²) < 4.78 is 27.7. The molecular formula is C17H25ClN2O2S2. The van der Waals surface area contributed by atoms with Crippen molar-refractivity contribution in [2.45, 2.75) is 37.1 Å². The van der Waals surface area contributed by atoms with E-state index in [1.807, 2.05) is 11.8 Å². The lowest BCUT2D eigenvalue weighted by molar-refractivity contribution is 0.195. The molecule has 0 N–H and O–H groups in total. The fourth-order valence-electron chi connectivity index (χ4n) is 3.58. The van der Waals surface area contributed by atoms with E-state index < -0.39 is 10.0 Å². The van der Waals surface area contributed by atoms with E-state index >= 15 is 0 Å². The summed E-state index contributed by atoms with van der Waals surface area (Å²) in [5, 5.41) is 0.507. The van der Waals surface area contributed by atoms with Crippen molar-refractivity contribution in [3.05, 3.63) is 28.8 Å². The molecule has 2 aliphatic heterocycles. The Morgan fingerprint density at radius 3 is 2.62 bits per heavy atom. The lowest BCUT2D eigenvalue weighted by atomic mass is 10.1. The van der Waals surface area contributed by atoms with Gasteiger partial charge in [0.15, 0.2) is 0 Å². The second-order valence-electron chi connectivity index (χ2n) is 6.50. The summed E-state index contributed by atoms with van der Waals surface area (Å²) in [6, 6.07) is 5.74. The van der Waals surface area contributed by atoms with Gasteiger partial charge in [-0.3, -0.25) is 4.90 Å². The minimum absolute atomic E-state index is 0.345. The molecule has 0 radical (unpaired) electrons. The van der Waals surface area contributed by atoms with Crippen LogP contribution in [-0.2, 0) is 10.0 Å². The first-order valence-electron chi connectivity index (χ1n) is 8.57. The summed E-state index contributed by atoms with van der Waals surface area (Å²) in [6.07, 6.45) is 3.35. The highest BCUT2D eigenvalue weighted by Crippen LogP contribution is 2.27. The van der Waals surface area contributed by atoms with Crippen LogP contribution in [-0.4, -0.2) is 61.3 Å². The predicted octanol–water partition coefficient (Wildman–Crippen LogP) is 3.24. The molecule has 2 aliphatic rings. The SMILES string of the molecule is Cc1c(Cl)cccc1S(=O)(=O)N1CCCN(C2CCSCC2)CC1. The van der Waals surface area contributed by atoms with Crippen molar-refractivity contribution < 1.29 is 8.42 Å². The van der Waals surface area contributed by atoms with Gasteiger partial charge in [0.1, 0.15) is 0 Å². The third-order valence-electron chi connectivity index (χ3n) is 5.03. The van der Waals surface area contributed by atoms with Gasteiger partial charge in [-0.2, -0.15) is 16.1 Å². The third-order valence-corrected chi connectivity index (χ3v) is 8.53. The van der Waals surface area contributed by atoms with Crippen LogP contribution in [0.1, 0.15) is 24.8 Å². The predicted molar refractivity (Wildman–Crippen MR) is 101 cm³/mol. The molecule has 4 nitrogen and oxygen atoms in total. The van der Waals surface area contributed by atoms with Gasteiger partial charge in [0.05, 0.1) is 4.90 Å². The summed E-state index contributed by atoms with van der Waals surface area (Å²) in [7, 11) is -3.47. The maximum atomic E-state index is 13.0. The number of benzene rings is 1. The maximum absolute atomic E-state index is 13.0. The fraction of sp³-hybridized carbons (Fsp3) is 0.647. The molecule has 0 aromatic heterocycles. The van der Waals surface area contributed by atoms with Crippen molar-refractivity contribution >= 4 is 33.4 Å². The number of hydrogen-bond donors (Lipinski definition) is 0. The van der Waals surface area contributed by atoms with Crippen molar-refractivity contribution in [2.24, 2.45) is 0 Å². The summed E-state index contributed by atoms with van der Waals surface area (Å²) in [4.78, 5) is 2.84. The van der Waals surface area contributed by atoms with Gasteiger partial charge in [0.25, 0.3) is 0 Å². The Bertz CT molecular complexity index is 675. The second-order valence-corrected chi connectivity index (χ2v) is 10.0. The first-order valence-corrected chi connectivity index (χ1v) is 11.5. The Labute approximate surface area is 154 Å². The van der Waals surface area contributed by atoms with Crippen molar-refractivity contribution in [3.8, 4) is 0 Å². The quantitative estimate of drug-likeness (QED) is 0.797. The van der Waals surface area contributed by atoms with Crippen LogP contribution in [0.3, 0.4) is 0 Å². The summed E-state index contributed by atoms with van der Waals surface area (Å²) in [5.41, 5.74) is 0.643. The first-order chi connectivity index (χ1) is 11.5. The number of rotatable bonds is 3. The molecule has 1 aromatic rings. The Balaban J connectivity index is 1.74. The van der Waals surface area contributed by atoms with Crippen LogP contribution in [0.2, 0.25) is 5.02 Å². The minimum Gasteiger partial charge on any atom is -0.299 e. The van der Waals surface area contributed by atoms with E-state index in [9.17, 15) is 8.42 Å². The average molecular weight is 389 g/mol. The minimum atomic E-state index is -3.47. The highest BCUT2D eigenvalue weighted by Gasteiger charge is 2.30. The number of hydrogen-bond acceptors (Lipinski definition) is 4. The molecule has 1 aromatic carbocycles. The number of thioether (sulfide) groups is 1. The van der Waals surface area contributed by atoms with E-state index in [0.717, 1.165) is 19.5 Å². The molecule has 0 unspecified atom stereocenters. The van der Waals surface area contributed by atoms with Gasteiger partial charge in [0, 0.05) is 30.7 Å². The lowest BCUT2D eigenvalue weighted by Gasteiger charge is -2.33. The van der Waals surface area contributed by atoms with Gasteiger partial charge >= 0.3 is 0 Å². The van der Waals surface area contributed by atoms with Crippen LogP contribution < -0.4 is 0 Å². The van der Waals surface area contributed by atoms with Crippen molar-refractivity contribution in [1.82, 2.24) is 9.21 Å². The average Bonchev–Trinajstić information content (AvgIpc) is 2.84. The number of sulfonamides is 1. The molecule has 2 fully saturated rings. The zero-order valence-corrected chi connectivity index (χ0v) is 16.5. The zero-order valence-electron chi connectivity index (χ0n) is 14.1. The van der Waals surface area contributed by atoms with E-state index in [2.05, 4.69) is 4.90 Å². The monoisotopic (exact) mass is 388 g/mol. The van der Waals surface area contributed by atoms with E-state index in [1.165, 1.54) is 24.3 Å². The first kappa shape index (κ1) is 18.5. The largest absolute Gasteiger partial charge is 0.299 e. The molecule has 0 bridgehead atoms.